The molecular formula is C16H23NO2. The highest BCUT2D eigenvalue weighted by Gasteiger charge is 2.16. The van der Waals surface area contributed by atoms with Crippen LogP contribution in [0.4, 0.5) is 0 Å². The van der Waals surface area contributed by atoms with Crippen molar-refractivity contribution < 1.29 is 9.53 Å². The van der Waals surface area contributed by atoms with Crippen molar-refractivity contribution >= 4 is 11.6 Å². The van der Waals surface area contributed by atoms with E-state index in [1.807, 2.05) is 51.1 Å². The minimum Gasteiger partial charge on any atom is -0.380 e. The van der Waals surface area contributed by atoms with Gasteiger partial charge in [0.25, 0.3) is 0 Å². The Morgan fingerprint density at radius 3 is 2.26 bits per heavy atom. The first-order chi connectivity index (χ1) is 9.07. The van der Waals surface area contributed by atoms with E-state index >= 15 is 0 Å². The van der Waals surface area contributed by atoms with Crippen LogP contribution in [0.2, 0.25) is 0 Å². The van der Waals surface area contributed by atoms with Gasteiger partial charge in [0.15, 0.2) is 0 Å². The van der Waals surface area contributed by atoms with Gasteiger partial charge in [0, 0.05) is 25.8 Å². The number of hydrogen-bond acceptors (Lipinski definition) is 2. The van der Waals surface area contributed by atoms with Crippen molar-refractivity contribution in [2.24, 2.45) is 0 Å². The number of carbonyl (C=O) groups is 1. The first-order valence-electron chi connectivity index (χ1n) is 6.66. The zero-order valence-corrected chi connectivity index (χ0v) is 12.3. The molecule has 0 heterocycles. The predicted octanol–water partition coefficient (Wildman–Crippen LogP) is 3.32. The maximum atomic E-state index is 11.9. The molecule has 0 unspecified atom stereocenters. The Kier molecular flexibility index (Phi) is 6.30. The molecule has 0 aromatic heterocycles. The van der Waals surface area contributed by atoms with Gasteiger partial charge in [0.1, 0.15) is 0 Å². The Balaban J connectivity index is 3.02. The van der Waals surface area contributed by atoms with Crippen LogP contribution in [-0.2, 0) is 9.53 Å². The molecule has 3 heteroatoms. The van der Waals surface area contributed by atoms with Gasteiger partial charge >= 0.3 is 0 Å². The summed E-state index contributed by atoms with van der Waals surface area (Å²) in [5, 5.41) is 0. The summed E-state index contributed by atoms with van der Waals surface area (Å²) in [6.45, 7) is 9.41. The van der Waals surface area contributed by atoms with E-state index in [-0.39, 0.29) is 5.91 Å². The average molecular weight is 261 g/mol. The number of benzene rings is 1. The van der Waals surface area contributed by atoms with Crippen LogP contribution in [-0.4, -0.2) is 30.6 Å². The second kappa shape index (κ2) is 7.74. The number of nitrogens with zero attached hydrogens (tertiary/aromatic N) is 1. The fourth-order valence-corrected chi connectivity index (χ4v) is 2.04. The molecule has 0 aliphatic carbocycles. The lowest BCUT2D eigenvalue weighted by Crippen LogP contribution is -2.31. The van der Waals surface area contributed by atoms with Crippen molar-refractivity contribution in [1.82, 2.24) is 4.90 Å². The van der Waals surface area contributed by atoms with Crippen LogP contribution in [0.5, 0.6) is 0 Å². The standard InChI is InChI=1S/C16H23NO2/c1-5-19-12-11-17(14(4)18)16(13(2)3)15-9-7-6-8-10-15/h6-10H,5,11-12H2,1-4H3. The Bertz CT molecular complexity index is 433. The van der Waals surface area contributed by atoms with Gasteiger partial charge in [0.05, 0.1) is 6.61 Å². The lowest BCUT2D eigenvalue weighted by atomic mass is 10.1. The quantitative estimate of drug-likeness (QED) is 0.735. The largest absolute Gasteiger partial charge is 0.380 e. The molecule has 1 amide bonds. The van der Waals surface area contributed by atoms with E-state index in [4.69, 9.17) is 4.74 Å². The minimum atomic E-state index is 0.0414. The van der Waals surface area contributed by atoms with Crippen LogP contribution in [0.1, 0.15) is 33.3 Å². The first kappa shape index (κ1) is 15.4. The molecule has 19 heavy (non-hydrogen) atoms. The average Bonchev–Trinajstić information content (AvgIpc) is 2.38. The molecule has 0 radical (unpaired) electrons. The lowest BCUT2D eigenvalue weighted by Gasteiger charge is -2.26. The molecule has 0 aliphatic heterocycles. The van der Waals surface area contributed by atoms with E-state index in [2.05, 4.69) is 0 Å². The summed E-state index contributed by atoms with van der Waals surface area (Å²) < 4.78 is 5.36. The number of carbonyl (C=O) groups excluding carboxylic acids is 1. The van der Waals surface area contributed by atoms with Gasteiger partial charge in [0.2, 0.25) is 5.91 Å². The maximum Gasteiger partial charge on any atom is 0.223 e. The Morgan fingerprint density at radius 1 is 1.16 bits per heavy atom. The molecule has 1 rings (SSSR count). The zero-order valence-electron chi connectivity index (χ0n) is 12.3. The first-order valence-corrected chi connectivity index (χ1v) is 6.66. The maximum absolute atomic E-state index is 11.9. The highest BCUT2D eigenvalue weighted by molar-refractivity contribution is 5.86. The van der Waals surface area contributed by atoms with Gasteiger partial charge in [-0.2, -0.15) is 0 Å². The van der Waals surface area contributed by atoms with Crippen LogP contribution in [0, 0.1) is 0 Å². The monoisotopic (exact) mass is 261 g/mol. The Morgan fingerprint density at radius 2 is 1.79 bits per heavy atom. The summed E-state index contributed by atoms with van der Waals surface area (Å²) in [7, 11) is 0. The second-order valence-corrected chi connectivity index (χ2v) is 4.58. The minimum absolute atomic E-state index is 0.0414. The fourth-order valence-electron chi connectivity index (χ4n) is 2.04. The molecule has 0 saturated heterocycles. The van der Waals surface area contributed by atoms with Crippen molar-refractivity contribution in [3.05, 3.63) is 41.5 Å². The molecule has 0 fully saturated rings. The second-order valence-electron chi connectivity index (χ2n) is 4.58. The third-order valence-electron chi connectivity index (χ3n) is 2.83. The van der Waals surface area contributed by atoms with Gasteiger partial charge in [-0.15, -0.1) is 0 Å². The lowest BCUT2D eigenvalue weighted by molar-refractivity contribution is -0.126. The number of rotatable bonds is 6. The Hall–Kier alpha value is -1.61. The van der Waals surface area contributed by atoms with Gasteiger partial charge in [-0.05, 0) is 26.3 Å². The zero-order chi connectivity index (χ0) is 14.3. The summed E-state index contributed by atoms with van der Waals surface area (Å²) in [6, 6.07) is 10.0. The molecule has 0 atom stereocenters. The van der Waals surface area contributed by atoms with E-state index in [9.17, 15) is 4.79 Å². The third kappa shape index (κ3) is 4.52. The number of ether oxygens (including phenoxy) is 1. The van der Waals surface area contributed by atoms with Gasteiger partial charge < -0.3 is 9.64 Å². The topological polar surface area (TPSA) is 29.5 Å². The van der Waals surface area contributed by atoms with E-state index in [1.165, 1.54) is 0 Å². The molecule has 104 valence electrons. The molecule has 1 aromatic rings. The molecule has 3 nitrogen and oxygen atoms in total. The normalized spacial score (nSPS) is 10.1. The van der Waals surface area contributed by atoms with E-state index in [0.717, 1.165) is 16.8 Å². The summed E-state index contributed by atoms with van der Waals surface area (Å²) in [5.41, 5.74) is 3.17. The highest BCUT2D eigenvalue weighted by atomic mass is 16.5. The smallest absolute Gasteiger partial charge is 0.223 e. The van der Waals surface area contributed by atoms with Gasteiger partial charge in [-0.25, -0.2) is 0 Å². The molecule has 0 saturated carbocycles. The summed E-state index contributed by atoms with van der Waals surface area (Å²) >= 11 is 0. The SMILES string of the molecule is CCOCCN(C(C)=O)C(=C(C)C)c1ccccc1. The summed E-state index contributed by atoms with van der Waals surface area (Å²) in [4.78, 5) is 13.7. The van der Waals surface area contributed by atoms with Crippen molar-refractivity contribution in [3.63, 3.8) is 0 Å². The van der Waals surface area contributed by atoms with Gasteiger partial charge in [-0.1, -0.05) is 35.9 Å². The van der Waals surface area contributed by atoms with Gasteiger partial charge in [-0.3, -0.25) is 4.79 Å². The van der Waals surface area contributed by atoms with E-state index in [0.29, 0.717) is 19.8 Å². The number of amides is 1. The summed E-state index contributed by atoms with van der Waals surface area (Å²) in [6.07, 6.45) is 0. The molecule has 0 bridgehead atoms. The predicted molar refractivity (Wildman–Crippen MR) is 78.6 cm³/mol. The van der Waals surface area contributed by atoms with Crippen molar-refractivity contribution in [1.29, 1.82) is 0 Å². The summed E-state index contributed by atoms with van der Waals surface area (Å²) in [5.74, 6) is 0.0414. The van der Waals surface area contributed by atoms with E-state index < -0.39 is 0 Å². The molecule has 0 spiro atoms. The van der Waals surface area contributed by atoms with Crippen LogP contribution in [0.15, 0.2) is 35.9 Å². The molecular weight excluding hydrogens is 238 g/mol. The molecule has 1 aromatic carbocycles. The van der Waals surface area contributed by atoms with Crippen LogP contribution < -0.4 is 0 Å². The van der Waals surface area contributed by atoms with E-state index in [1.54, 1.807) is 11.8 Å². The van der Waals surface area contributed by atoms with Crippen molar-refractivity contribution in [2.75, 3.05) is 19.8 Å². The van der Waals surface area contributed by atoms with Crippen LogP contribution >= 0.6 is 0 Å². The fraction of sp³-hybridized carbons (Fsp3) is 0.438. The third-order valence-corrected chi connectivity index (χ3v) is 2.83. The molecule has 0 N–H and O–H groups in total. The number of hydrogen-bond donors (Lipinski definition) is 0. The van der Waals surface area contributed by atoms with Crippen molar-refractivity contribution in [3.8, 4) is 0 Å². The molecule has 0 aliphatic rings. The number of allylic oxidation sites excluding steroid dienone is 1. The van der Waals surface area contributed by atoms with Crippen molar-refractivity contribution in [2.45, 2.75) is 27.7 Å². The Labute approximate surface area is 115 Å². The van der Waals surface area contributed by atoms with Crippen LogP contribution in [0.25, 0.3) is 5.70 Å². The highest BCUT2D eigenvalue weighted by Crippen LogP contribution is 2.23. The van der Waals surface area contributed by atoms with Crippen LogP contribution in [0.3, 0.4) is 0 Å².